The number of hydrogen-bond acceptors (Lipinski definition) is 6. The van der Waals surface area contributed by atoms with Crippen molar-refractivity contribution >= 4 is 17.8 Å². The SMILES string of the molecule is CC(C)(C)OC(=O)N1[C@H]([C@H]2[C@H](C(=O)N3CCOCC3)[C@@H]2C(=O)c2ccccc2)COC1(C)C. The number of carbonyl (C=O) groups is 3. The minimum absolute atomic E-state index is 0.0496. The van der Waals surface area contributed by atoms with Crippen LogP contribution in [0.2, 0.25) is 0 Å². The zero-order valence-electron chi connectivity index (χ0n) is 20.1. The van der Waals surface area contributed by atoms with Gasteiger partial charge in [0.2, 0.25) is 5.91 Å². The van der Waals surface area contributed by atoms with Crippen molar-refractivity contribution in [2.75, 3.05) is 32.9 Å². The molecule has 1 aliphatic carbocycles. The molecular weight excluding hydrogens is 424 g/mol. The number of morpholine rings is 1. The first-order chi connectivity index (χ1) is 15.5. The minimum Gasteiger partial charge on any atom is -0.444 e. The smallest absolute Gasteiger partial charge is 0.412 e. The van der Waals surface area contributed by atoms with Gasteiger partial charge < -0.3 is 19.1 Å². The van der Waals surface area contributed by atoms with Crippen molar-refractivity contribution < 1.29 is 28.6 Å². The van der Waals surface area contributed by atoms with E-state index < -0.39 is 35.3 Å². The summed E-state index contributed by atoms with van der Waals surface area (Å²) >= 11 is 0. The molecule has 0 bridgehead atoms. The van der Waals surface area contributed by atoms with Crippen LogP contribution in [0.25, 0.3) is 0 Å². The molecular formula is C25H34N2O6. The Kier molecular flexibility index (Phi) is 6.26. The molecule has 1 aromatic carbocycles. The van der Waals surface area contributed by atoms with E-state index in [2.05, 4.69) is 0 Å². The Morgan fingerprint density at radius 1 is 1.03 bits per heavy atom. The number of ketones is 1. The second-order valence-corrected chi connectivity index (χ2v) is 10.5. The maximum absolute atomic E-state index is 13.5. The van der Waals surface area contributed by atoms with Crippen LogP contribution in [-0.4, -0.2) is 77.9 Å². The van der Waals surface area contributed by atoms with Crippen LogP contribution in [-0.2, 0) is 19.0 Å². The van der Waals surface area contributed by atoms with Crippen LogP contribution in [0.4, 0.5) is 4.79 Å². The molecule has 33 heavy (non-hydrogen) atoms. The predicted molar refractivity (Wildman–Crippen MR) is 121 cm³/mol. The maximum atomic E-state index is 13.5. The standard InChI is InChI=1S/C25H34N2O6/c1-24(2,3)33-23(30)27-17(15-32-25(27,4)5)18-19(21(28)16-9-7-6-8-10-16)20(18)22(29)26-11-13-31-14-12-26/h6-10,17-20H,11-15H2,1-5H3/t17-,18+,19+,20-/m0/s1. The van der Waals surface area contributed by atoms with Crippen molar-refractivity contribution in [2.45, 2.75) is 52.0 Å². The van der Waals surface area contributed by atoms with E-state index in [-0.39, 0.29) is 24.2 Å². The fraction of sp³-hybridized carbons (Fsp3) is 0.640. The van der Waals surface area contributed by atoms with Crippen LogP contribution in [0.5, 0.6) is 0 Å². The molecule has 2 saturated heterocycles. The number of nitrogens with zero attached hydrogens (tertiary/aromatic N) is 2. The average Bonchev–Trinajstić information content (AvgIpc) is 3.41. The first-order valence-corrected chi connectivity index (χ1v) is 11.6. The largest absolute Gasteiger partial charge is 0.444 e. The highest BCUT2D eigenvalue weighted by atomic mass is 16.6. The number of ether oxygens (including phenoxy) is 3. The normalized spacial score (nSPS) is 29.0. The lowest BCUT2D eigenvalue weighted by Gasteiger charge is -2.35. The highest BCUT2D eigenvalue weighted by Crippen LogP contribution is 2.55. The van der Waals surface area contributed by atoms with Crippen LogP contribution in [0.1, 0.15) is 45.0 Å². The number of rotatable bonds is 4. The number of Topliss-reactive ketones (excluding diaryl/α,β-unsaturated/α-hetero) is 1. The Morgan fingerprint density at radius 3 is 2.27 bits per heavy atom. The van der Waals surface area contributed by atoms with Gasteiger partial charge in [0.25, 0.3) is 0 Å². The third-order valence-electron chi connectivity index (χ3n) is 6.60. The lowest BCUT2D eigenvalue weighted by atomic mass is 10.0. The molecule has 3 aliphatic rings. The lowest BCUT2D eigenvalue weighted by molar-refractivity contribution is -0.137. The van der Waals surface area contributed by atoms with Crippen LogP contribution in [0, 0.1) is 17.8 Å². The summed E-state index contributed by atoms with van der Waals surface area (Å²) in [5.74, 6) is -1.45. The lowest BCUT2D eigenvalue weighted by Crippen LogP contribution is -2.51. The summed E-state index contributed by atoms with van der Waals surface area (Å²) in [6.07, 6.45) is -0.495. The fourth-order valence-electron chi connectivity index (χ4n) is 5.04. The molecule has 0 N–H and O–H groups in total. The third kappa shape index (κ3) is 4.77. The average molecular weight is 459 g/mol. The second-order valence-electron chi connectivity index (χ2n) is 10.5. The van der Waals surface area contributed by atoms with Crippen molar-refractivity contribution in [3.63, 3.8) is 0 Å². The number of amides is 2. The van der Waals surface area contributed by atoms with Gasteiger partial charge in [-0.1, -0.05) is 30.3 Å². The summed E-state index contributed by atoms with van der Waals surface area (Å²) in [6.45, 7) is 11.3. The molecule has 1 aromatic rings. The third-order valence-corrected chi connectivity index (χ3v) is 6.60. The van der Waals surface area contributed by atoms with Crippen LogP contribution >= 0.6 is 0 Å². The topological polar surface area (TPSA) is 85.4 Å². The van der Waals surface area contributed by atoms with E-state index in [4.69, 9.17) is 14.2 Å². The van der Waals surface area contributed by atoms with E-state index in [1.165, 1.54) is 0 Å². The number of benzene rings is 1. The molecule has 1 saturated carbocycles. The van der Waals surface area contributed by atoms with Gasteiger partial charge in [-0.05, 0) is 34.6 Å². The summed E-state index contributed by atoms with van der Waals surface area (Å²) in [4.78, 5) is 43.5. The molecule has 2 amide bonds. The van der Waals surface area contributed by atoms with Gasteiger partial charge in [-0.2, -0.15) is 0 Å². The van der Waals surface area contributed by atoms with Crippen molar-refractivity contribution in [2.24, 2.45) is 17.8 Å². The highest BCUT2D eigenvalue weighted by Gasteiger charge is 2.66. The van der Waals surface area contributed by atoms with Crippen LogP contribution in [0.15, 0.2) is 30.3 Å². The molecule has 2 heterocycles. The zero-order chi connectivity index (χ0) is 24.0. The summed E-state index contributed by atoms with van der Waals surface area (Å²) in [5, 5.41) is 0. The van der Waals surface area contributed by atoms with Gasteiger partial charge in [0.05, 0.1) is 31.8 Å². The second kappa shape index (κ2) is 8.72. The van der Waals surface area contributed by atoms with Crippen molar-refractivity contribution in [3.05, 3.63) is 35.9 Å². The monoisotopic (exact) mass is 458 g/mol. The zero-order valence-corrected chi connectivity index (χ0v) is 20.1. The molecule has 8 nitrogen and oxygen atoms in total. The van der Waals surface area contributed by atoms with Gasteiger partial charge >= 0.3 is 6.09 Å². The van der Waals surface area contributed by atoms with E-state index in [0.29, 0.717) is 31.9 Å². The van der Waals surface area contributed by atoms with E-state index in [9.17, 15) is 14.4 Å². The Labute approximate surface area is 195 Å². The van der Waals surface area contributed by atoms with Gasteiger partial charge in [-0.15, -0.1) is 0 Å². The summed E-state index contributed by atoms with van der Waals surface area (Å²) in [5.41, 5.74) is -0.999. The fourth-order valence-corrected chi connectivity index (χ4v) is 5.04. The first kappa shape index (κ1) is 23.7. The Morgan fingerprint density at radius 2 is 1.67 bits per heavy atom. The molecule has 0 aromatic heterocycles. The van der Waals surface area contributed by atoms with Crippen LogP contribution < -0.4 is 0 Å². The predicted octanol–water partition coefficient (Wildman–Crippen LogP) is 2.96. The van der Waals surface area contributed by atoms with Gasteiger partial charge in [-0.3, -0.25) is 14.5 Å². The molecule has 4 rings (SSSR count). The molecule has 0 unspecified atom stereocenters. The molecule has 0 spiro atoms. The highest BCUT2D eigenvalue weighted by molar-refractivity contribution is 6.04. The van der Waals surface area contributed by atoms with Gasteiger partial charge in [0.15, 0.2) is 5.78 Å². The van der Waals surface area contributed by atoms with E-state index in [1.807, 2.05) is 52.8 Å². The summed E-state index contributed by atoms with van der Waals surface area (Å²) in [7, 11) is 0. The van der Waals surface area contributed by atoms with Gasteiger partial charge in [0, 0.05) is 30.5 Å². The molecule has 8 heteroatoms. The molecule has 4 atom stereocenters. The van der Waals surface area contributed by atoms with E-state index in [1.54, 1.807) is 21.9 Å². The molecule has 0 radical (unpaired) electrons. The Hall–Kier alpha value is -2.45. The quantitative estimate of drug-likeness (QED) is 0.645. The summed E-state index contributed by atoms with van der Waals surface area (Å²) in [6, 6.07) is 8.61. The van der Waals surface area contributed by atoms with Crippen LogP contribution in [0.3, 0.4) is 0 Å². The van der Waals surface area contributed by atoms with Crippen molar-refractivity contribution in [3.8, 4) is 0 Å². The molecule has 3 fully saturated rings. The van der Waals surface area contributed by atoms with E-state index >= 15 is 0 Å². The Balaban J connectivity index is 1.63. The molecule has 2 aliphatic heterocycles. The van der Waals surface area contributed by atoms with Gasteiger partial charge in [-0.25, -0.2) is 4.79 Å². The van der Waals surface area contributed by atoms with Crippen molar-refractivity contribution in [1.82, 2.24) is 9.80 Å². The Bertz CT molecular complexity index is 903. The van der Waals surface area contributed by atoms with E-state index in [0.717, 1.165) is 0 Å². The summed E-state index contributed by atoms with van der Waals surface area (Å²) < 4.78 is 17.0. The maximum Gasteiger partial charge on any atom is 0.412 e. The number of carbonyl (C=O) groups excluding carboxylic acids is 3. The molecule has 180 valence electrons. The minimum atomic E-state index is -0.900. The number of hydrogen-bond donors (Lipinski definition) is 0. The van der Waals surface area contributed by atoms with Gasteiger partial charge in [0.1, 0.15) is 11.3 Å². The van der Waals surface area contributed by atoms with Crippen molar-refractivity contribution in [1.29, 1.82) is 0 Å². The first-order valence-electron chi connectivity index (χ1n) is 11.6.